The number of nitrogens with zero attached hydrogens (tertiary/aromatic N) is 2. The topological polar surface area (TPSA) is 130 Å². The largest absolute Gasteiger partial charge is 0.507 e. The fourth-order valence-corrected chi connectivity index (χ4v) is 3.48. The van der Waals surface area contributed by atoms with Gasteiger partial charge in [-0.3, -0.25) is 19.7 Å². The average Bonchev–Trinajstić information content (AvgIpc) is 3.01. The van der Waals surface area contributed by atoms with E-state index in [9.17, 15) is 24.8 Å². The number of nitro groups is 1. The molecule has 1 amide bonds. The van der Waals surface area contributed by atoms with Gasteiger partial charge in [-0.25, -0.2) is 0 Å². The van der Waals surface area contributed by atoms with Crippen molar-refractivity contribution in [2.45, 2.75) is 6.04 Å². The van der Waals surface area contributed by atoms with E-state index in [0.717, 1.165) is 6.07 Å². The number of rotatable bonds is 8. The Morgan fingerprint density at radius 1 is 1.16 bits per heavy atom. The van der Waals surface area contributed by atoms with Gasteiger partial charge < -0.3 is 19.8 Å². The Kier molecular flexibility index (Phi) is 7.01. The molecule has 0 saturated carbocycles. The van der Waals surface area contributed by atoms with Gasteiger partial charge in [0.2, 0.25) is 0 Å². The van der Waals surface area contributed by atoms with Crippen molar-refractivity contribution >= 4 is 34.7 Å². The second-order valence-corrected chi connectivity index (χ2v) is 7.12. The number of ketones is 1. The summed E-state index contributed by atoms with van der Waals surface area (Å²) in [6.07, 6.45) is 0. The molecule has 1 fully saturated rings. The number of carbonyl (C=O) groups excluding carboxylic acids is 2. The molecule has 31 heavy (non-hydrogen) atoms. The van der Waals surface area contributed by atoms with Crippen LogP contribution in [0.25, 0.3) is 5.76 Å². The summed E-state index contributed by atoms with van der Waals surface area (Å²) in [4.78, 5) is 37.3. The number of aliphatic hydroxyl groups is 2. The lowest BCUT2D eigenvalue weighted by Gasteiger charge is -2.25. The molecule has 0 aliphatic carbocycles. The van der Waals surface area contributed by atoms with Crippen molar-refractivity contribution < 1.29 is 29.5 Å². The van der Waals surface area contributed by atoms with Gasteiger partial charge in [0.05, 0.1) is 36.4 Å². The van der Waals surface area contributed by atoms with E-state index in [2.05, 4.69) is 0 Å². The fourth-order valence-electron chi connectivity index (χ4n) is 3.35. The van der Waals surface area contributed by atoms with Gasteiger partial charge in [0.15, 0.2) is 0 Å². The highest BCUT2D eigenvalue weighted by atomic mass is 35.5. The van der Waals surface area contributed by atoms with Crippen molar-refractivity contribution in [3.63, 3.8) is 0 Å². The number of hydrogen-bond donors (Lipinski definition) is 2. The molecule has 1 unspecified atom stereocenters. The summed E-state index contributed by atoms with van der Waals surface area (Å²) in [6, 6.07) is 10.7. The minimum absolute atomic E-state index is 0.0313. The number of Topliss-reactive ketones (excluding diaryl/α,β-unsaturated/α-hetero) is 1. The number of likely N-dealkylation sites (tertiary alicyclic amines) is 1. The molecular weight excluding hydrogens is 428 g/mol. The zero-order valence-corrected chi connectivity index (χ0v) is 17.0. The molecule has 162 valence electrons. The van der Waals surface area contributed by atoms with E-state index in [4.69, 9.17) is 21.4 Å². The van der Waals surface area contributed by atoms with Gasteiger partial charge in [0.25, 0.3) is 17.4 Å². The number of carbonyl (C=O) groups is 2. The maximum Gasteiger partial charge on any atom is 0.295 e. The lowest BCUT2D eigenvalue weighted by atomic mass is 9.95. The molecule has 1 atom stereocenters. The van der Waals surface area contributed by atoms with Crippen LogP contribution in [-0.4, -0.2) is 58.1 Å². The average molecular weight is 447 g/mol. The Bertz CT molecular complexity index is 1040. The van der Waals surface area contributed by atoms with Crippen molar-refractivity contribution in [1.82, 2.24) is 4.90 Å². The van der Waals surface area contributed by atoms with Crippen LogP contribution in [0.4, 0.5) is 5.69 Å². The van der Waals surface area contributed by atoms with E-state index in [0.29, 0.717) is 10.6 Å². The number of amides is 1. The number of ether oxygens (including phenoxy) is 1. The van der Waals surface area contributed by atoms with Crippen molar-refractivity contribution in [2.75, 3.05) is 26.4 Å². The van der Waals surface area contributed by atoms with Crippen LogP contribution in [0.1, 0.15) is 17.2 Å². The first kappa shape index (κ1) is 22.4. The predicted molar refractivity (Wildman–Crippen MR) is 111 cm³/mol. The summed E-state index contributed by atoms with van der Waals surface area (Å²) in [7, 11) is 0. The Hall–Kier alpha value is -3.27. The van der Waals surface area contributed by atoms with E-state index in [1.165, 1.54) is 23.1 Å². The lowest BCUT2D eigenvalue weighted by Crippen LogP contribution is -2.33. The summed E-state index contributed by atoms with van der Waals surface area (Å²) < 4.78 is 5.22. The first-order chi connectivity index (χ1) is 14.8. The zero-order valence-electron chi connectivity index (χ0n) is 16.2. The van der Waals surface area contributed by atoms with Crippen LogP contribution in [0.15, 0.2) is 54.1 Å². The Morgan fingerprint density at radius 2 is 1.87 bits per heavy atom. The van der Waals surface area contributed by atoms with Gasteiger partial charge >= 0.3 is 0 Å². The quantitative estimate of drug-likeness (QED) is 0.159. The SMILES string of the molecule is O=C1C(=O)N(CCOCCO)C(c2ccc(Cl)cc2)C1=C(O)c1cccc([N+](=O)[O-])c1. The third-order valence-corrected chi connectivity index (χ3v) is 5.02. The molecular formula is C21H19ClN2O7. The molecule has 1 aliphatic heterocycles. The predicted octanol–water partition coefficient (Wildman–Crippen LogP) is 2.68. The molecule has 2 aromatic rings. The van der Waals surface area contributed by atoms with Gasteiger partial charge in [0, 0.05) is 29.3 Å². The third kappa shape index (κ3) is 4.74. The maximum atomic E-state index is 12.8. The molecule has 0 bridgehead atoms. The van der Waals surface area contributed by atoms with Crippen LogP contribution in [0, 0.1) is 10.1 Å². The van der Waals surface area contributed by atoms with Gasteiger partial charge in [0.1, 0.15) is 5.76 Å². The minimum Gasteiger partial charge on any atom is -0.507 e. The third-order valence-electron chi connectivity index (χ3n) is 4.77. The second-order valence-electron chi connectivity index (χ2n) is 6.69. The summed E-state index contributed by atoms with van der Waals surface area (Å²) >= 11 is 5.96. The first-order valence-corrected chi connectivity index (χ1v) is 9.70. The van der Waals surface area contributed by atoms with Gasteiger partial charge in [-0.15, -0.1) is 0 Å². The zero-order chi connectivity index (χ0) is 22.5. The Balaban J connectivity index is 2.09. The minimum atomic E-state index is -0.936. The Morgan fingerprint density at radius 3 is 2.52 bits per heavy atom. The highest BCUT2D eigenvalue weighted by Gasteiger charge is 2.45. The van der Waals surface area contributed by atoms with Gasteiger partial charge in [-0.05, 0) is 17.7 Å². The monoisotopic (exact) mass is 446 g/mol. The molecule has 1 heterocycles. The molecule has 0 aromatic heterocycles. The Labute approximate surface area is 182 Å². The van der Waals surface area contributed by atoms with Crippen LogP contribution in [0.3, 0.4) is 0 Å². The van der Waals surface area contributed by atoms with E-state index in [-0.39, 0.29) is 43.2 Å². The first-order valence-electron chi connectivity index (χ1n) is 9.32. The lowest BCUT2D eigenvalue weighted by molar-refractivity contribution is -0.384. The standard InChI is InChI=1S/C21H19ClN2O7/c22-15-6-4-13(5-7-15)18-17(19(26)14-2-1-3-16(12-14)24(29)30)20(27)21(28)23(18)8-10-31-11-9-25/h1-7,12,18,25-26H,8-11H2. The van der Waals surface area contributed by atoms with Gasteiger partial charge in [-0.1, -0.05) is 35.9 Å². The second kappa shape index (κ2) is 9.69. The molecule has 10 heteroatoms. The van der Waals surface area contributed by atoms with Crippen LogP contribution in [0.5, 0.6) is 0 Å². The van der Waals surface area contributed by atoms with Crippen molar-refractivity contribution in [2.24, 2.45) is 0 Å². The fraction of sp³-hybridized carbons (Fsp3) is 0.238. The molecule has 1 aliphatic rings. The van der Waals surface area contributed by atoms with Crippen molar-refractivity contribution in [3.8, 4) is 0 Å². The molecule has 9 nitrogen and oxygen atoms in total. The number of halogens is 1. The highest BCUT2D eigenvalue weighted by Crippen LogP contribution is 2.39. The molecule has 0 spiro atoms. The summed E-state index contributed by atoms with van der Waals surface area (Å²) in [5, 5.41) is 31.3. The molecule has 2 aromatic carbocycles. The highest BCUT2D eigenvalue weighted by molar-refractivity contribution is 6.46. The van der Waals surface area contributed by atoms with Crippen molar-refractivity contribution in [3.05, 3.63) is 80.4 Å². The van der Waals surface area contributed by atoms with E-state index >= 15 is 0 Å². The summed E-state index contributed by atoms with van der Waals surface area (Å²) in [5.74, 6) is -2.26. The molecule has 0 radical (unpaired) electrons. The molecule has 2 N–H and O–H groups in total. The summed E-state index contributed by atoms with van der Waals surface area (Å²) in [5.41, 5.74) is 0.120. The number of nitro benzene ring substituents is 1. The van der Waals surface area contributed by atoms with E-state index in [1.54, 1.807) is 24.3 Å². The summed E-state index contributed by atoms with van der Waals surface area (Å²) in [6.45, 7) is -0.0203. The number of aliphatic hydroxyl groups excluding tert-OH is 2. The smallest absolute Gasteiger partial charge is 0.295 e. The van der Waals surface area contributed by atoms with Crippen LogP contribution in [-0.2, 0) is 14.3 Å². The van der Waals surface area contributed by atoms with Crippen LogP contribution in [0.2, 0.25) is 5.02 Å². The molecule has 1 saturated heterocycles. The number of non-ortho nitro benzene ring substituents is 1. The van der Waals surface area contributed by atoms with Crippen LogP contribution >= 0.6 is 11.6 Å². The van der Waals surface area contributed by atoms with E-state index < -0.39 is 28.4 Å². The van der Waals surface area contributed by atoms with E-state index in [1.807, 2.05) is 0 Å². The molecule has 3 rings (SSSR count). The van der Waals surface area contributed by atoms with Gasteiger partial charge in [-0.2, -0.15) is 0 Å². The van der Waals surface area contributed by atoms with Crippen molar-refractivity contribution in [1.29, 1.82) is 0 Å². The number of hydrogen-bond acceptors (Lipinski definition) is 7. The number of benzene rings is 2. The maximum absolute atomic E-state index is 12.8. The normalized spacial score (nSPS) is 17.9. The van der Waals surface area contributed by atoms with Crippen LogP contribution < -0.4 is 0 Å².